The molecule has 0 bridgehead atoms. The van der Waals surface area contributed by atoms with Crippen molar-refractivity contribution in [1.82, 2.24) is 0 Å². The summed E-state index contributed by atoms with van der Waals surface area (Å²) in [5.41, 5.74) is 5.46. The number of rotatable bonds is 5. The monoisotopic (exact) mass is 274 g/mol. The van der Waals surface area contributed by atoms with Crippen molar-refractivity contribution < 1.29 is 17.6 Å². The van der Waals surface area contributed by atoms with Gasteiger partial charge in [-0.3, -0.25) is 4.79 Å². The first-order chi connectivity index (χ1) is 8.35. The number of amides is 1. The normalized spacial score (nSPS) is 13.1. The first-order valence-electron chi connectivity index (χ1n) is 5.32. The topological polar surface area (TPSA) is 89.3 Å². The molecule has 100 valence electrons. The number of hydrogen-bond donors (Lipinski definition) is 2. The van der Waals surface area contributed by atoms with Gasteiger partial charge in [0.25, 0.3) is 0 Å². The summed E-state index contributed by atoms with van der Waals surface area (Å²) >= 11 is 0. The van der Waals surface area contributed by atoms with Gasteiger partial charge in [-0.05, 0) is 25.1 Å². The molecule has 3 N–H and O–H groups in total. The number of nitrogens with two attached hydrogens (primary N) is 1. The zero-order chi connectivity index (χ0) is 13.8. The van der Waals surface area contributed by atoms with Gasteiger partial charge in [0.05, 0.1) is 5.25 Å². The maximum Gasteiger partial charge on any atom is 0.239 e. The minimum Gasteiger partial charge on any atom is -0.329 e. The second kappa shape index (κ2) is 5.92. The molecule has 0 aromatic heterocycles. The van der Waals surface area contributed by atoms with Crippen LogP contribution in [0.1, 0.15) is 6.92 Å². The Morgan fingerprint density at radius 3 is 2.72 bits per heavy atom. The molecule has 7 heteroatoms. The molecule has 1 aromatic carbocycles. The largest absolute Gasteiger partial charge is 0.329 e. The molecule has 0 spiro atoms. The molecule has 5 nitrogen and oxygen atoms in total. The fourth-order valence-electron chi connectivity index (χ4n) is 1.23. The van der Waals surface area contributed by atoms with Gasteiger partial charge in [-0.2, -0.15) is 0 Å². The summed E-state index contributed by atoms with van der Waals surface area (Å²) in [6.45, 7) is 1.39. The van der Waals surface area contributed by atoms with E-state index in [0.717, 1.165) is 6.07 Å². The summed E-state index contributed by atoms with van der Waals surface area (Å²) in [5, 5.41) is 1.54. The van der Waals surface area contributed by atoms with E-state index < -0.39 is 32.6 Å². The van der Waals surface area contributed by atoms with Gasteiger partial charge in [-0.15, -0.1) is 0 Å². The first kappa shape index (κ1) is 14.6. The Balaban J connectivity index is 2.68. The average Bonchev–Trinajstić information content (AvgIpc) is 2.26. The molecule has 1 atom stereocenters. The Hall–Kier alpha value is -1.47. The fraction of sp³-hybridized carbons (Fsp3) is 0.364. The van der Waals surface area contributed by atoms with Gasteiger partial charge in [0.15, 0.2) is 9.84 Å². The molecule has 0 aliphatic heterocycles. The highest BCUT2D eigenvalue weighted by Crippen LogP contribution is 2.09. The van der Waals surface area contributed by atoms with Crippen molar-refractivity contribution in [2.24, 2.45) is 5.73 Å². The summed E-state index contributed by atoms with van der Waals surface area (Å²) in [6.07, 6.45) is 0. The van der Waals surface area contributed by atoms with Gasteiger partial charge in [0.1, 0.15) is 11.6 Å². The fourth-order valence-corrected chi connectivity index (χ4v) is 2.25. The number of sulfone groups is 1. The predicted octanol–water partition coefficient (Wildman–Crippen LogP) is 0.526. The van der Waals surface area contributed by atoms with Crippen LogP contribution in [0, 0.1) is 5.82 Å². The number of carbonyl (C=O) groups is 1. The van der Waals surface area contributed by atoms with Gasteiger partial charge in [-0.1, -0.05) is 6.07 Å². The summed E-state index contributed by atoms with van der Waals surface area (Å²) in [4.78, 5) is 11.5. The maximum atomic E-state index is 12.9. The predicted molar refractivity (Wildman–Crippen MR) is 67.3 cm³/mol. The van der Waals surface area contributed by atoms with Crippen LogP contribution in [0.4, 0.5) is 10.1 Å². The van der Waals surface area contributed by atoms with Crippen LogP contribution in [0.15, 0.2) is 24.3 Å². The summed E-state index contributed by atoms with van der Waals surface area (Å²) in [7, 11) is -3.57. The second-order valence-electron chi connectivity index (χ2n) is 3.91. The Bertz CT molecular complexity index is 531. The lowest BCUT2D eigenvalue weighted by molar-refractivity contribution is -0.113. The van der Waals surface area contributed by atoms with E-state index in [4.69, 9.17) is 5.73 Å². The van der Waals surface area contributed by atoms with Crippen LogP contribution in [0.3, 0.4) is 0 Å². The van der Waals surface area contributed by atoms with E-state index in [0.29, 0.717) is 0 Å². The van der Waals surface area contributed by atoms with Crippen LogP contribution >= 0.6 is 0 Å². The Kier molecular flexibility index (Phi) is 4.80. The number of nitrogens with one attached hydrogen (secondary N) is 1. The van der Waals surface area contributed by atoms with E-state index in [1.165, 1.54) is 25.1 Å². The molecular weight excluding hydrogens is 259 g/mol. The van der Waals surface area contributed by atoms with E-state index in [1.807, 2.05) is 0 Å². The maximum absolute atomic E-state index is 12.9. The van der Waals surface area contributed by atoms with Crippen molar-refractivity contribution in [3.05, 3.63) is 30.1 Å². The van der Waals surface area contributed by atoms with Crippen molar-refractivity contribution >= 4 is 21.4 Å². The zero-order valence-corrected chi connectivity index (χ0v) is 10.7. The molecular formula is C11H15FN2O3S. The van der Waals surface area contributed by atoms with Gasteiger partial charge < -0.3 is 11.1 Å². The molecule has 0 fully saturated rings. The van der Waals surface area contributed by atoms with Gasteiger partial charge >= 0.3 is 0 Å². The molecule has 0 saturated heterocycles. The lowest BCUT2D eigenvalue weighted by atomic mass is 10.3. The molecule has 0 heterocycles. The second-order valence-corrected chi connectivity index (χ2v) is 6.33. The molecule has 18 heavy (non-hydrogen) atoms. The molecule has 1 unspecified atom stereocenters. The highest BCUT2D eigenvalue weighted by molar-refractivity contribution is 7.92. The van der Waals surface area contributed by atoms with Gasteiger partial charge in [0.2, 0.25) is 5.91 Å². The lowest BCUT2D eigenvalue weighted by Gasteiger charge is -2.10. The number of halogens is 1. The van der Waals surface area contributed by atoms with Crippen LogP contribution in [-0.2, 0) is 14.6 Å². The van der Waals surface area contributed by atoms with Crippen molar-refractivity contribution in [2.45, 2.75) is 12.2 Å². The van der Waals surface area contributed by atoms with E-state index >= 15 is 0 Å². The Morgan fingerprint density at radius 1 is 1.50 bits per heavy atom. The highest BCUT2D eigenvalue weighted by atomic mass is 32.2. The van der Waals surface area contributed by atoms with E-state index in [2.05, 4.69) is 5.32 Å². The summed E-state index contributed by atoms with van der Waals surface area (Å²) < 4.78 is 36.1. The number of anilines is 1. The molecule has 0 aliphatic rings. The minimum absolute atomic E-state index is 0.0461. The third-order valence-electron chi connectivity index (χ3n) is 2.39. The molecule has 0 saturated carbocycles. The molecule has 0 aliphatic carbocycles. The molecule has 1 aromatic rings. The number of hydrogen-bond acceptors (Lipinski definition) is 4. The van der Waals surface area contributed by atoms with E-state index in [-0.39, 0.29) is 12.2 Å². The summed E-state index contributed by atoms with van der Waals surface area (Å²) in [6, 6.07) is 5.22. The number of benzene rings is 1. The molecule has 0 radical (unpaired) electrons. The van der Waals surface area contributed by atoms with Gasteiger partial charge in [-0.25, -0.2) is 12.8 Å². The Labute approximate surface area is 105 Å². The molecule has 1 rings (SSSR count). The van der Waals surface area contributed by atoms with E-state index in [9.17, 15) is 17.6 Å². The quantitative estimate of drug-likeness (QED) is 0.819. The Morgan fingerprint density at radius 2 is 2.17 bits per heavy atom. The first-order valence-corrected chi connectivity index (χ1v) is 7.04. The van der Waals surface area contributed by atoms with Crippen LogP contribution < -0.4 is 11.1 Å². The zero-order valence-electron chi connectivity index (χ0n) is 9.89. The van der Waals surface area contributed by atoms with E-state index in [1.54, 1.807) is 0 Å². The average molecular weight is 274 g/mol. The SMILES string of the molecule is CC(CN)S(=O)(=O)CC(=O)Nc1cccc(F)c1. The van der Waals surface area contributed by atoms with Crippen LogP contribution in [0.25, 0.3) is 0 Å². The smallest absolute Gasteiger partial charge is 0.239 e. The van der Waals surface area contributed by atoms with Gasteiger partial charge in [0, 0.05) is 12.2 Å². The van der Waals surface area contributed by atoms with Crippen molar-refractivity contribution in [3.63, 3.8) is 0 Å². The van der Waals surface area contributed by atoms with Crippen LogP contribution in [0.5, 0.6) is 0 Å². The van der Waals surface area contributed by atoms with Crippen molar-refractivity contribution in [1.29, 1.82) is 0 Å². The lowest BCUT2D eigenvalue weighted by Crippen LogP contribution is -2.33. The van der Waals surface area contributed by atoms with Crippen LogP contribution in [-0.4, -0.2) is 31.9 Å². The third kappa shape index (κ3) is 4.08. The summed E-state index contributed by atoms with van der Waals surface area (Å²) in [5.74, 6) is -1.88. The number of carbonyl (C=O) groups excluding carboxylic acids is 1. The van der Waals surface area contributed by atoms with Crippen molar-refractivity contribution in [2.75, 3.05) is 17.6 Å². The third-order valence-corrected chi connectivity index (χ3v) is 4.47. The standard InChI is InChI=1S/C11H15FN2O3S/c1-8(6-13)18(16,17)7-11(15)14-10-4-2-3-9(12)5-10/h2-5,8H,6-7,13H2,1H3,(H,14,15). The molecule has 1 amide bonds. The highest BCUT2D eigenvalue weighted by Gasteiger charge is 2.23. The van der Waals surface area contributed by atoms with Crippen molar-refractivity contribution in [3.8, 4) is 0 Å². The van der Waals surface area contributed by atoms with Crippen LogP contribution in [0.2, 0.25) is 0 Å². The minimum atomic E-state index is -3.57.